The highest BCUT2D eigenvalue weighted by Gasteiger charge is 2.41. The highest BCUT2D eigenvalue weighted by atomic mass is 16.2. The maximum Gasteiger partial charge on any atom is 0.223 e. The van der Waals surface area contributed by atoms with E-state index in [0.717, 1.165) is 12.1 Å². The number of hydrogen-bond donors (Lipinski definition) is 1. The lowest BCUT2D eigenvalue weighted by atomic mass is 9.93. The van der Waals surface area contributed by atoms with Gasteiger partial charge < -0.3 is 10.6 Å². The van der Waals surface area contributed by atoms with Gasteiger partial charge in [0.2, 0.25) is 5.91 Å². The Bertz CT molecular complexity index is 413. The lowest BCUT2D eigenvalue weighted by Gasteiger charge is -2.20. The zero-order valence-corrected chi connectivity index (χ0v) is 9.88. The van der Waals surface area contributed by atoms with E-state index in [-0.39, 0.29) is 12.0 Å². The molecule has 2 N–H and O–H groups in total. The Kier molecular flexibility index (Phi) is 2.63. The van der Waals surface area contributed by atoms with E-state index in [1.165, 1.54) is 12.8 Å². The highest BCUT2D eigenvalue weighted by Crippen LogP contribution is 2.36. The number of amides is 1. The number of likely N-dealkylation sites (tertiary alicyclic amines) is 1. The van der Waals surface area contributed by atoms with E-state index in [1.807, 2.05) is 23.1 Å². The average molecular weight is 230 g/mol. The van der Waals surface area contributed by atoms with E-state index in [1.54, 1.807) is 0 Å². The molecule has 2 atom stereocenters. The first-order valence-electron chi connectivity index (χ1n) is 6.35. The lowest BCUT2D eigenvalue weighted by Crippen LogP contribution is -2.29. The maximum absolute atomic E-state index is 11.9. The van der Waals surface area contributed by atoms with Gasteiger partial charge in [0.05, 0.1) is 0 Å². The second kappa shape index (κ2) is 4.15. The van der Waals surface area contributed by atoms with Crippen molar-refractivity contribution in [3.05, 3.63) is 35.9 Å². The summed E-state index contributed by atoms with van der Waals surface area (Å²) in [6.45, 7) is 0.847. The Morgan fingerprint density at radius 2 is 1.94 bits per heavy atom. The molecule has 1 amide bonds. The second-order valence-electron chi connectivity index (χ2n) is 5.18. The topological polar surface area (TPSA) is 46.3 Å². The van der Waals surface area contributed by atoms with Crippen LogP contribution < -0.4 is 5.73 Å². The van der Waals surface area contributed by atoms with Gasteiger partial charge in [0.25, 0.3) is 0 Å². The predicted octanol–water partition coefficient (Wildman–Crippen LogP) is 1.70. The Labute approximate surface area is 102 Å². The largest absolute Gasteiger partial charge is 0.339 e. The molecule has 1 aromatic rings. The second-order valence-corrected chi connectivity index (χ2v) is 5.18. The Morgan fingerprint density at radius 3 is 2.59 bits per heavy atom. The van der Waals surface area contributed by atoms with Gasteiger partial charge in [0.15, 0.2) is 0 Å². The molecule has 3 nitrogen and oxygen atoms in total. The van der Waals surface area contributed by atoms with Gasteiger partial charge in [0.1, 0.15) is 0 Å². The first kappa shape index (κ1) is 10.8. The minimum absolute atomic E-state index is 0.0103. The molecule has 0 radical (unpaired) electrons. The quantitative estimate of drug-likeness (QED) is 0.859. The summed E-state index contributed by atoms with van der Waals surface area (Å²) in [6.07, 6.45) is 2.98. The van der Waals surface area contributed by atoms with Crippen LogP contribution in [-0.2, 0) is 4.79 Å². The standard InChI is InChI=1S/C14H18N2O/c15-14(10-4-2-1-3-5-10)11-8-13(17)16(9-11)12-6-7-12/h1-5,11-12,14H,6-9,15H2. The predicted molar refractivity (Wildman–Crippen MR) is 66.2 cm³/mol. The summed E-state index contributed by atoms with van der Waals surface area (Å²) in [5, 5.41) is 0. The van der Waals surface area contributed by atoms with Crippen molar-refractivity contribution in [1.82, 2.24) is 4.90 Å². The van der Waals surface area contributed by atoms with Crippen molar-refractivity contribution in [2.75, 3.05) is 6.54 Å². The molecule has 1 aliphatic heterocycles. The number of hydrogen-bond acceptors (Lipinski definition) is 2. The lowest BCUT2D eigenvalue weighted by molar-refractivity contribution is -0.128. The Hall–Kier alpha value is -1.35. The zero-order valence-electron chi connectivity index (χ0n) is 9.88. The van der Waals surface area contributed by atoms with Crippen LogP contribution in [0, 0.1) is 5.92 Å². The van der Waals surface area contributed by atoms with Crippen molar-refractivity contribution < 1.29 is 4.79 Å². The van der Waals surface area contributed by atoms with Gasteiger partial charge in [-0.05, 0) is 18.4 Å². The van der Waals surface area contributed by atoms with Gasteiger partial charge in [0, 0.05) is 31.0 Å². The summed E-state index contributed by atoms with van der Waals surface area (Å²) >= 11 is 0. The Balaban J connectivity index is 1.71. The summed E-state index contributed by atoms with van der Waals surface area (Å²) < 4.78 is 0. The fourth-order valence-electron chi connectivity index (χ4n) is 2.69. The van der Waals surface area contributed by atoms with Gasteiger partial charge in [-0.15, -0.1) is 0 Å². The highest BCUT2D eigenvalue weighted by molar-refractivity contribution is 5.79. The molecule has 0 bridgehead atoms. The minimum atomic E-state index is -0.0103. The number of carbonyl (C=O) groups excluding carboxylic acids is 1. The van der Waals surface area contributed by atoms with Crippen LogP contribution in [0.1, 0.15) is 30.9 Å². The molecule has 17 heavy (non-hydrogen) atoms. The van der Waals surface area contributed by atoms with Crippen molar-refractivity contribution in [3.8, 4) is 0 Å². The first-order chi connectivity index (χ1) is 8.25. The third-order valence-corrected chi connectivity index (χ3v) is 3.87. The summed E-state index contributed by atoms with van der Waals surface area (Å²) in [6, 6.07) is 10.6. The first-order valence-corrected chi connectivity index (χ1v) is 6.35. The fourth-order valence-corrected chi connectivity index (χ4v) is 2.69. The number of nitrogens with two attached hydrogens (primary N) is 1. The van der Waals surface area contributed by atoms with Gasteiger partial charge in [-0.3, -0.25) is 4.79 Å². The molecule has 0 spiro atoms. The molecule has 3 heteroatoms. The van der Waals surface area contributed by atoms with Crippen LogP contribution in [-0.4, -0.2) is 23.4 Å². The molecular weight excluding hydrogens is 212 g/mol. The van der Waals surface area contributed by atoms with Gasteiger partial charge in [-0.1, -0.05) is 30.3 Å². The molecule has 1 aliphatic carbocycles. The molecule has 0 aromatic heterocycles. The van der Waals surface area contributed by atoms with Gasteiger partial charge >= 0.3 is 0 Å². The molecule has 1 aromatic carbocycles. The molecule has 1 heterocycles. The SMILES string of the molecule is NC(c1ccccc1)C1CC(=O)N(C2CC2)C1. The van der Waals surface area contributed by atoms with E-state index in [2.05, 4.69) is 12.1 Å². The normalized spacial score (nSPS) is 26.3. The van der Waals surface area contributed by atoms with Crippen molar-refractivity contribution in [2.24, 2.45) is 11.7 Å². The monoisotopic (exact) mass is 230 g/mol. The van der Waals surface area contributed by atoms with Crippen LogP contribution in [0.15, 0.2) is 30.3 Å². The minimum Gasteiger partial charge on any atom is -0.339 e. The van der Waals surface area contributed by atoms with E-state index < -0.39 is 0 Å². The zero-order chi connectivity index (χ0) is 11.8. The molecular formula is C14H18N2O. The average Bonchev–Trinajstić information content (AvgIpc) is 3.13. The van der Waals surface area contributed by atoms with Crippen LogP contribution >= 0.6 is 0 Å². The van der Waals surface area contributed by atoms with E-state index >= 15 is 0 Å². The molecule has 2 fully saturated rings. The van der Waals surface area contributed by atoms with E-state index in [4.69, 9.17) is 5.73 Å². The smallest absolute Gasteiger partial charge is 0.223 e. The van der Waals surface area contributed by atoms with Crippen LogP contribution in [0.5, 0.6) is 0 Å². The third-order valence-electron chi connectivity index (χ3n) is 3.87. The molecule has 90 valence electrons. The van der Waals surface area contributed by atoms with Crippen molar-refractivity contribution in [2.45, 2.75) is 31.3 Å². The van der Waals surface area contributed by atoms with Gasteiger partial charge in [-0.25, -0.2) is 0 Å². The van der Waals surface area contributed by atoms with E-state index in [0.29, 0.717) is 18.4 Å². The number of nitrogens with zero attached hydrogens (tertiary/aromatic N) is 1. The summed E-state index contributed by atoms with van der Waals surface area (Å²) in [5.74, 6) is 0.578. The van der Waals surface area contributed by atoms with Crippen molar-refractivity contribution >= 4 is 5.91 Å². The number of benzene rings is 1. The molecule has 2 aliphatic rings. The molecule has 1 saturated heterocycles. The van der Waals surface area contributed by atoms with Crippen molar-refractivity contribution in [3.63, 3.8) is 0 Å². The maximum atomic E-state index is 11.9. The van der Waals surface area contributed by atoms with E-state index in [9.17, 15) is 4.79 Å². The van der Waals surface area contributed by atoms with Crippen LogP contribution in [0.25, 0.3) is 0 Å². The van der Waals surface area contributed by atoms with Crippen LogP contribution in [0.2, 0.25) is 0 Å². The third kappa shape index (κ3) is 2.07. The molecule has 1 saturated carbocycles. The van der Waals surface area contributed by atoms with Gasteiger partial charge in [-0.2, -0.15) is 0 Å². The Morgan fingerprint density at radius 1 is 1.24 bits per heavy atom. The summed E-state index contributed by atoms with van der Waals surface area (Å²) in [5.41, 5.74) is 7.41. The van der Waals surface area contributed by atoms with Crippen molar-refractivity contribution in [1.29, 1.82) is 0 Å². The molecule has 2 unspecified atom stereocenters. The molecule has 3 rings (SSSR count). The fraction of sp³-hybridized carbons (Fsp3) is 0.500. The summed E-state index contributed by atoms with van der Waals surface area (Å²) in [4.78, 5) is 13.9. The number of carbonyl (C=O) groups is 1. The van der Waals surface area contributed by atoms with Crippen LogP contribution in [0.4, 0.5) is 0 Å². The summed E-state index contributed by atoms with van der Waals surface area (Å²) in [7, 11) is 0. The number of rotatable bonds is 3. The van der Waals surface area contributed by atoms with Crippen LogP contribution in [0.3, 0.4) is 0 Å².